The maximum absolute atomic E-state index is 13.1. The molecule has 0 saturated heterocycles. The number of carbonyl (C=O) groups is 1. The molecule has 0 bridgehead atoms. The molecule has 1 saturated carbocycles. The van der Waals surface area contributed by atoms with Crippen molar-refractivity contribution in [2.24, 2.45) is 5.41 Å². The van der Waals surface area contributed by atoms with Crippen molar-refractivity contribution in [2.75, 3.05) is 0 Å². The van der Waals surface area contributed by atoms with Crippen molar-refractivity contribution in [3.05, 3.63) is 69.7 Å². The average molecular weight is 333 g/mol. The average Bonchev–Trinajstić information content (AvgIpc) is 2.99. The standard InChI is InChI=1S/C19H18Cl2O/c20-16-7-3-14(4-8-16)13-19(11-1-2-12-19)18(22)15-5-9-17(21)10-6-15/h3-10H,1-2,11-13H2. The van der Waals surface area contributed by atoms with E-state index in [0.29, 0.717) is 5.02 Å². The summed E-state index contributed by atoms with van der Waals surface area (Å²) in [7, 11) is 0. The zero-order valence-corrected chi connectivity index (χ0v) is 13.8. The molecule has 0 radical (unpaired) electrons. The van der Waals surface area contributed by atoms with Crippen LogP contribution in [0.2, 0.25) is 10.0 Å². The molecule has 0 atom stereocenters. The Bertz CT molecular complexity index is 653. The first-order valence-corrected chi connectivity index (χ1v) is 8.39. The number of Topliss-reactive ketones (excluding diaryl/α,β-unsaturated/α-hetero) is 1. The molecule has 1 aliphatic rings. The van der Waals surface area contributed by atoms with Crippen LogP contribution in [0.1, 0.15) is 41.6 Å². The number of hydrogen-bond donors (Lipinski definition) is 0. The van der Waals surface area contributed by atoms with E-state index in [2.05, 4.69) is 0 Å². The Hall–Kier alpha value is -1.31. The largest absolute Gasteiger partial charge is 0.294 e. The van der Waals surface area contributed by atoms with Crippen LogP contribution in [0.3, 0.4) is 0 Å². The highest BCUT2D eigenvalue weighted by Crippen LogP contribution is 2.43. The molecule has 2 aromatic carbocycles. The van der Waals surface area contributed by atoms with Gasteiger partial charge in [0.1, 0.15) is 0 Å². The van der Waals surface area contributed by atoms with Gasteiger partial charge in [-0.25, -0.2) is 0 Å². The molecule has 0 heterocycles. The van der Waals surface area contributed by atoms with E-state index in [0.717, 1.165) is 42.7 Å². The highest BCUT2D eigenvalue weighted by atomic mass is 35.5. The van der Waals surface area contributed by atoms with Crippen LogP contribution in [0.25, 0.3) is 0 Å². The molecule has 0 N–H and O–H groups in total. The molecule has 3 rings (SSSR count). The topological polar surface area (TPSA) is 17.1 Å². The predicted molar refractivity (Wildman–Crippen MR) is 91.8 cm³/mol. The summed E-state index contributed by atoms with van der Waals surface area (Å²) in [5, 5.41) is 1.39. The van der Waals surface area contributed by atoms with Crippen molar-refractivity contribution >= 4 is 29.0 Å². The third-order valence-electron chi connectivity index (χ3n) is 4.60. The summed E-state index contributed by atoms with van der Waals surface area (Å²) in [6.07, 6.45) is 4.93. The Morgan fingerprint density at radius 3 is 1.91 bits per heavy atom. The molecule has 0 unspecified atom stereocenters. The minimum Gasteiger partial charge on any atom is -0.294 e. The fourth-order valence-corrected chi connectivity index (χ4v) is 3.69. The van der Waals surface area contributed by atoms with Gasteiger partial charge >= 0.3 is 0 Å². The van der Waals surface area contributed by atoms with Gasteiger partial charge in [-0.1, -0.05) is 48.2 Å². The van der Waals surface area contributed by atoms with Crippen LogP contribution in [-0.2, 0) is 6.42 Å². The molecular formula is C19H18Cl2O. The van der Waals surface area contributed by atoms with E-state index in [9.17, 15) is 4.79 Å². The van der Waals surface area contributed by atoms with Gasteiger partial charge in [-0.05, 0) is 61.2 Å². The lowest BCUT2D eigenvalue weighted by Crippen LogP contribution is -2.30. The molecule has 0 aromatic heterocycles. The zero-order valence-electron chi connectivity index (χ0n) is 12.3. The smallest absolute Gasteiger partial charge is 0.169 e. The van der Waals surface area contributed by atoms with Gasteiger partial charge in [0, 0.05) is 21.0 Å². The van der Waals surface area contributed by atoms with Gasteiger partial charge in [-0.3, -0.25) is 4.79 Å². The Labute approximate surface area is 141 Å². The van der Waals surface area contributed by atoms with Gasteiger partial charge < -0.3 is 0 Å². The predicted octanol–water partition coefficient (Wildman–Crippen LogP) is 5.98. The summed E-state index contributed by atoms with van der Waals surface area (Å²) in [5.41, 5.74) is 1.66. The van der Waals surface area contributed by atoms with Gasteiger partial charge in [0.05, 0.1) is 0 Å². The van der Waals surface area contributed by atoms with Crippen LogP contribution in [0.4, 0.5) is 0 Å². The maximum Gasteiger partial charge on any atom is 0.169 e. The highest BCUT2D eigenvalue weighted by Gasteiger charge is 2.41. The number of carbonyl (C=O) groups excluding carboxylic acids is 1. The Morgan fingerprint density at radius 2 is 1.36 bits per heavy atom. The summed E-state index contributed by atoms with van der Waals surface area (Å²) in [4.78, 5) is 13.1. The van der Waals surface area contributed by atoms with Crippen LogP contribution in [-0.4, -0.2) is 5.78 Å². The third-order valence-corrected chi connectivity index (χ3v) is 5.11. The SMILES string of the molecule is O=C(c1ccc(Cl)cc1)C1(Cc2ccc(Cl)cc2)CCCC1. The molecule has 1 nitrogen and oxygen atoms in total. The van der Waals surface area contributed by atoms with Crippen LogP contribution in [0.15, 0.2) is 48.5 Å². The van der Waals surface area contributed by atoms with Crippen molar-refractivity contribution in [2.45, 2.75) is 32.1 Å². The molecule has 1 fully saturated rings. The van der Waals surface area contributed by atoms with Gasteiger partial charge in [-0.15, -0.1) is 0 Å². The summed E-state index contributed by atoms with van der Waals surface area (Å²) in [5.74, 6) is 0.247. The molecule has 2 aromatic rings. The first-order chi connectivity index (χ1) is 10.6. The molecule has 1 aliphatic carbocycles. The molecule has 114 valence electrons. The fourth-order valence-electron chi connectivity index (χ4n) is 3.44. The first-order valence-electron chi connectivity index (χ1n) is 7.64. The number of rotatable bonds is 4. The number of halogens is 2. The minimum atomic E-state index is -0.276. The van der Waals surface area contributed by atoms with Gasteiger partial charge in [0.25, 0.3) is 0 Å². The van der Waals surface area contributed by atoms with Crippen molar-refractivity contribution in [3.8, 4) is 0 Å². The summed E-state index contributed by atoms with van der Waals surface area (Å²) >= 11 is 11.9. The summed E-state index contributed by atoms with van der Waals surface area (Å²) in [6.45, 7) is 0. The van der Waals surface area contributed by atoms with E-state index < -0.39 is 0 Å². The third kappa shape index (κ3) is 3.21. The zero-order chi connectivity index (χ0) is 15.6. The first kappa shape index (κ1) is 15.6. The quantitative estimate of drug-likeness (QED) is 0.629. The lowest BCUT2D eigenvalue weighted by atomic mass is 9.74. The Kier molecular flexibility index (Phi) is 4.56. The molecule has 0 aliphatic heterocycles. The molecule has 0 amide bonds. The van der Waals surface area contributed by atoms with Crippen molar-refractivity contribution < 1.29 is 4.79 Å². The molecule has 22 heavy (non-hydrogen) atoms. The van der Waals surface area contributed by atoms with E-state index >= 15 is 0 Å². The lowest BCUT2D eigenvalue weighted by Gasteiger charge is -2.28. The van der Waals surface area contributed by atoms with Gasteiger partial charge in [0.2, 0.25) is 0 Å². The lowest BCUT2D eigenvalue weighted by molar-refractivity contribution is 0.0797. The number of ketones is 1. The Balaban J connectivity index is 1.89. The fraction of sp³-hybridized carbons (Fsp3) is 0.316. The van der Waals surface area contributed by atoms with Crippen LogP contribution < -0.4 is 0 Å². The highest BCUT2D eigenvalue weighted by molar-refractivity contribution is 6.30. The summed E-state index contributed by atoms with van der Waals surface area (Å²) in [6, 6.07) is 15.1. The van der Waals surface area contributed by atoms with Gasteiger partial charge in [-0.2, -0.15) is 0 Å². The van der Waals surface area contributed by atoms with E-state index in [1.807, 2.05) is 36.4 Å². The minimum absolute atomic E-state index is 0.247. The van der Waals surface area contributed by atoms with Crippen LogP contribution >= 0.6 is 23.2 Å². The van der Waals surface area contributed by atoms with E-state index in [1.165, 1.54) is 5.56 Å². The second-order valence-corrected chi connectivity index (χ2v) is 7.00. The van der Waals surface area contributed by atoms with E-state index in [4.69, 9.17) is 23.2 Å². The maximum atomic E-state index is 13.1. The van der Waals surface area contributed by atoms with Gasteiger partial charge in [0.15, 0.2) is 5.78 Å². The van der Waals surface area contributed by atoms with E-state index in [-0.39, 0.29) is 11.2 Å². The van der Waals surface area contributed by atoms with Crippen LogP contribution in [0.5, 0.6) is 0 Å². The van der Waals surface area contributed by atoms with Crippen molar-refractivity contribution in [3.63, 3.8) is 0 Å². The number of benzene rings is 2. The van der Waals surface area contributed by atoms with E-state index in [1.54, 1.807) is 12.1 Å². The monoisotopic (exact) mass is 332 g/mol. The normalized spacial score (nSPS) is 16.6. The Morgan fingerprint density at radius 1 is 0.864 bits per heavy atom. The molecular weight excluding hydrogens is 315 g/mol. The summed E-state index contributed by atoms with van der Waals surface area (Å²) < 4.78 is 0. The second-order valence-electron chi connectivity index (χ2n) is 6.13. The van der Waals surface area contributed by atoms with Crippen molar-refractivity contribution in [1.29, 1.82) is 0 Å². The van der Waals surface area contributed by atoms with Crippen molar-refractivity contribution in [1.82, 2.24) is 0 Å². The number of hydrogen-bond acceptors (Lipinski definition) is 1. The second kappa shape index (κ2) is 6.44. The molecule has 3 heteroatoms. The molecule has 0 spiro atoms. The van der Waals surface area contributed by atoms with Crippen LogP contribution in [0, 0.1) is 5.41 Å².